The molecule has 3 aromatic carbocycles. The van der Waals surface area contributed by atoms with Crippen LogP contribution in [0.4, 0.5) is 0 Å². The molecule has 8 heteroatoms. The van der Waals surface area contributed by atoms with Crippen molar-refractivity contribution in [3.63, 3.8) is 0 Å². The van der Waals surface area contributed by atoms with E-state index in [1.54, 1.807) is 42.5 Å². The molecule has 0 unspecified atom stereocenters. The maximum atomic E-state index is 13.3. The molecule has 0 spiro atoms. The van der Waals surface area contributed by atoms with E-state index in [1.165, 1.54) is 19.1 Å². The number of aliphatic hydroxyl groups is 1. The van der Waals surface area contributed by atoms with E-state index in [-0.39, 0.29) is 11.3 Å². The van der Waals surface area contributed by atoms with Crippen LogP contribution in [0.15, 0.2) is 72.3 Å². The van der Waals surface area contributed by atoms with Gasteiger partial charge in [-0.2, -0.15) is 0 Å². The summed E-state index contributed by atoms with van der Waals surface area (Å²) in [5.41, 5.74) is 3.27. The van der Waals surface area contributed by atoms with E-state index < -0.39 is 17.7 Å². The Bertz CT molecular complexity index is 1380. The molecule has 1 amide bonds. The van der Waals surface area contributed by atoms with Gasteiger partial charge in [0.1, 0.15) is 18.1 Å². The number of hydrogen-bond donors (Lipinski definition) is 1. The molecule has 204 valence electrons. The van der Waals surface area contributed by atoms with Crippen molar-refractivity contribution in [3.05, 3.63) is 94.6 Å². The number of carbonyl (C=O) groups is 2. The summed E-state index contributed by atoms with van der Waals surface area (Å²) in [6, 6.07) is 19.3. The Morgan fingerprint density at radius 1 is 0.949 bits per heavy atom. The van der Waals surface area contributed by atoms with E-state index in [2.05, 4.69) is 6.07 Å². The first-order valence-electron chi connectivity index (χ1n) is 12.7. The molecule has 1 fully saturated rings. The summed E-state index contributed by atoms with van der Waals surface area (Å²) >= 11 is 0. The topological polar surface area (TPSA) is 88.5 Å². The predicted molar refractivity (Wildman–Crippen MR) is 149 cm³/mol. The van der Waals surface area contributed by atoms with Gasteiger partial charge >= 0.3 is 0 Å². The molecular weight excluding hydrogens is 496 g/mol. The second kappa shape index (κ2) is 12.0. The Morgan fingerprint density at radius 2 is 1.67 bits per heavy atom. The number of benzene rings is 3. The molecule has 1 atom stereocenters. The molecule has 3 aromatic rings. The van der Waals surface area contributed by atoms with Gasteiger partial charge in [-0.3, -0.25) is 9.59 Å². The number of aryl methyl sites for hydroxylation is 1. The van der Waals surface area contributed by atoms with Gasteiger partial charge < -0.3 is 29.1 Å². The second-order valence-electron chi connectivity index (χ2n) is 9.71. The first-order valence-corrected chi connectivity index (χ1v) is 12.7. The maximum Gasteiger partial charge on any atom is 0.295 e. The lowest BCUT2D eigenvalue weighted by Crippen LogP contribution is -2.35. The predicted octanol–water partition coefficient (Wildman–Crippen LogP) is 4.57. The van der Waals surface area contributed by atoms with Crippen LogP contribution < -0.4 is 14.2 Å². The van der Waals surface area contributed by atoms with Gasteiger partial charge in [-0.15, -0.1) is 0 Å². The molecule has 0 aromatic heterocycles. The Balaban J connectivity index is 1.69. The van der Waals surface area contributed by atoms with Gasteiger partial charge in [0.05, 0.1) is 25.8 Å². The van der Waals surface area contributed by atoms with Crippen molar-refractivity contribution in [2.24, 2.45) is 0 Å². The third kappa shape index (κ3) is 6.07. The third-order valence-electron chi connectivity index (χ3n) is 6.67. The van der Waals surface area contributed by atoms with Gasteiger partial charge in [-0.1, -0.05) is 35.9 Å². The molecule has 1 heterocycles. The number of carbonyl (C=O) groups excluding carboxylic acids is 2. The molecule has 0 bridgehead atoms. The molecule has 0 aliphatic carbocycles. The van der Waals surface area contributed by atoms with E-state index in [9.17, 15) is 14.7 Å². The molecule has 1 aliphatic heterocycles. The fourth-order valence-electron chi connectivity index (χ4n) is 4.62. The van der Waals surface area contributed by atoms with Gasteiger partial charge in [0.25, 0.3) is 11.7 Å². The van der Waals surface area contributed by atoms with Crippen LogP contribution in [0.3, 0.4) is 0 Å². The minimum Gasteiger partial charge on any atom is -0.507 e. The zero-order chi connectivity index (χ0) is 28.1. The number of ketones is 1. The third-order valence-corrected chi connectivity index (χ3v) is 6.67. The minimum absolute atomic E-state index is 0.0272. The normalized spacial score (nSPS) is 16.6. The monoisotopic (exact) mass is 530 g/mol. The van der Waals surface area contributed by atoms with E-state index in [0.717, 1.165) is 11.1 Å². The van der Waals surface area contributed by atoms with E-state index >= 15 is 0 Å². The SMILES string of the molecule is COc1ccc([C@@H]2/C(=C(\O)c3ccc(OCc4cccc(C)c4)cc3)C(=O)C(=O)N2CCN(C)C)cc1OC. The van der Waals surface area contributed by atoms with Crippen LogP contribution >= 0.6 is 0 Å². The molecule has 4 rings (SSSR count). The maximum absolute atomic E-state index is 13.3. The van der Waals surface area contributed by atoms with Crippen LogP contribution in [0.2, 0.25) is 0 Å². The van der Waals surface area contributed by atoms with Gasteiger partial charge in [0.2, 0.25) is 0 Å². The quantitative estimate of drug-likeness (QED) is 0.233. The lowest BCUT2D eigenvalue weighted by Gasteiger charge is -2.27. The zero-order valence-corrected chi connectivity index (χ0v) is 22.9. The highest BCUT2D eigenvalue weighted by molar-refractivity contribution is 6.46. The van der Waals surface area contributed by atoms with Gasteiger partial charge in [-0.05, 0) is 68.5 Å². The fraction of sp³-hybridized carbons (Fsp3) is 0.290. The van der Waals surface area contributed by atoms with Crippen LogP contribution in [-0.4, -0.2) is 68.0 Å². The number of methoxy groups -OCH3 is 2. The smallest absolute Gasteiger partial charge is 0.295 e. The van der Waals surface area contributed by atoms with Crippen molar-refractivity contribution < 1.29 is 28.9 Å². The molecular formula is C31H34N2O6. The zero-order valence-electron chi connectivity index (χ0n) is 22.9. The van der Waals surface area contributed by atoms with Crippen LogP contribution in [0, 0.1) is 6.92 Å². The van der Waals surface area contributed by atoms with Crippen LogP contribution in [0.1, 0.15) is 28.3 Å². The molecule has 1 aliphatic rings. The summed E-state index contributed by atoms with van der Waals surface area (Å²) in [5.74, 6) is -0.0279. The largest absolute Gasteiger partial charge is 0.507 e. The number of Topliss-reactive ketones (excluding diaryl/α,β-unsaturated/α-hetero) is 1. The Hall–Kier alpha value is -4.30. The Kier molecular flexibility index (Phi) is 8.56. The van der Waals surface area contributed by atoms with Crippen LogP contribution in [0.5, 0.6) is 17.2 Å². The lowest BCUT2D eigenvalue weighted by atomic mass is 9.95. The standard InChI is InChI=1S/C31H34N2O6/c1-20-7-6-8-21(17-20)19-39-24-12-9-22(10-13-24)29(34)27-28(23-11-14-25(37-4)26(18-23)38-5)33(16-15-32(2)3)31(36)30(27)35/h6-14,17-18,28,34H,15-16,19H2,1-5H3/b29-27+/t28-/m1/s1. The number of amides is 1. The molecule has 0 saturated carbocycles. The number of hydrogen-bond acceptors (Lipinski definition) is 7. The van der Waals surface area contributed by atoms with Crippen molar-refractivity contribution in [2.75, 3.05) is 41.4 Å². The van der Waals surface area contributed by atoms with Gasteiger partial charge in [0.15, 0.2) is 11.5 Å². The van der Waals surface area contributed by atoms with Crippen molar-refractivity contribution in [1.82, 2.24) is 9.80 Å². The molecule has 1 saturated heterocycles. The summed E-state index contributed by atoms with van der Waals surface area (Å²) in [6.45, 7) is 3.28. The summed E-state index contributed by atoms with van der Waals surface area (Å²) in [6.07, 6.45) is 0. The van der Waals surface area contributed by atoms with Crippen LogP contribution in [-0.2, 0) is 16.2 Å². The summed E-state index contributed by atoms with van der Waals surface area (Å²) in [4.78, 5) is 29.9. The van der Waals surface area contributed by atoms with Crippen molar-refractivity contribution in [3.8, 4) is 17.2 Å². The average Bonchev–Trinajstić information content (AvgIpc) is 3.19. The van der Waals surface area contributed by atoms with E-state index in [0.29, 0.717) is 48.1 Å². The van der Waals surface area contributed by atoms with Crippen molar-refractivity contribution in [1.29, 1.82) is 0 Å². The molecule has 8 nitrogen and oxygen atoms in total. The Morgan fingerprint density at radius 3 is 2.31 bits per heavy atom. The first kappa shape index (κ1) is 27.7. The summed E-state index contributed by atoms with van der Waals surface area (Å²) < 4.78 is 16.7. The number of rotatable bonds is 10. The first-order chi connectivity index (χ1) is 18.7. The highest BCUT2D eigenvalue weighted by atomic mass is 16.5. The lowest BCUT2D eigenvalue weighted by molar-refractivity contribution is -0.140. The number of ether oxygens (including phenoxy) is 3. The summed E-state index contributed by atoms with van der Waals surface area (Å²) in [5, 5.41) is 11.4. The highest BCUT2D eigenvalue weighted by Crippen LogP contribution is 2.42. The van der Waals surface area contributed by atoms with Crippen molar-refractivity contribution in [2.45, 2.75) is 19.6 Å². The van der Waals surface area contributed by atoms with E-state index in [4.69, 9.17) is 14.2 Å². The van der Waals surface area contributed by atoms with E-state index in [1.807, 2.05) is 44.1 Å². The molecule has 1 N–H and O–H groups in total. The number of likely N-dealkylation sites (N-methyl/N-ethyl adjacent to an activating group) is 1. The second-order valence-corrected chi connectivity index (χ2v) is 9.71. The fourth-order valence-corrected chi connectivity index (χ4v) is 4.62. The molecule has 0 radical (unpaired) electrons. The minimum atomic E-state index is -0.790. The van der Waals surface area contributed by atoms with Gasteiger partial charge in [0, 0.05) is 18.7 Å². The number of aliphatic hydroxyl groups excluding tert-OH is 1. The number of nitrogens with zero attached hydrogens (tertiary/aromatic N) is 2. The van der Waals surface area contributed by atoms with Crippen LogP contribution in [0.25, 0.3) is 5.76 Å². The molecule has 39 heavy (non-hydrogen) atoms. The number of likely N-dealkylation sites (tertiary alicyclic amines) is 1. The Labute approximate surface area is 229 Å². The highest BCUT2D eigenvalue weighted by Gasteiger charge is 2.46. The summed E-state index contributed by atoms with van der Waals surface area (Å²) in [7, 11) is 6.84. The van der Waals surface area contributed by atoms with Gasteiger partial charge in [-0.25, -0.2) is 0 Å². The van der Waals surface area contributed by atoms with Crippen molar-refractivity contribution >= 4 is 17.4 Å². The average molecular weight is 531 g/mol.